The summed E-state index contributed by atoms with van der Waals surface area (Å²) in [5, 5.41) is 4.75. The number of aromatic nitrogens is 1. The van der Waals surface area contributed by atoms with E-state index in [4.69, 9.17) is 23.7 Å². The number of carbonyl (C=O) groups excluding carboxylic acids is 4. The van der Waals surface area contributed by atoms with E-state index in [2.05, 4.69) is 10.3 Å². The number of thiazole rings is 1. The van der Waals surface area contributed by atoms with Crippen molar-refractivity contribution < 1.29 is 42.9 Å². The number of hydrogen-bond donors (Lipinski definition) is 1. The molecular weight excluding hydrogens is 576 g/mol. The Bertz CT molecular complexity index is 1560. The van der Waals surface area contributed by atoms with E-state index < -0.39 is 48.4 Å². The van der Waals surface area contributed by atoms with Gasteiger partial charge in [0.25, 0.3) is 0 Å². The molecule has 0 saturated carbocycles. The minimum atomic E-state index is -1.22. The van der Waals surface area contributed by atoms with Crippen LogP contribution in [0.5, 0.6) is 0 Å². The van der Waals surface area contributed by atoms with Crippen molar-refractivity contribution in [3.8, 4) is 0 Å². The Labute approximate surface area is 250 Å². The quantitative estimate of drug-likeness (QED) is 0.204. The molecule has 43 heavy (non-hydrogen) atoms. The van der Waals surface area contributed by atoms with Crippen molar-refractivity contribution in [1.29, 1.82) is 0 Å². The highest BCUT2D eigenvalue weighted by Crippen LogP contribution is 2.31. The SMILES string of the molecule is COC(=O)c1csc(N[C@@H]2O[C@H](COC(=O)c3ccccc3)[C@@H](OC(=O)c3ccccc3)[C@H]2OC(=O)c2ccccc2)n1. The molecule has 1 fully saturated rings. The van der Waals surface area contributed by atoms with Crippen molar-refractivity contribution in [3.05, 3.63) is 119 Å². The van der Waals surface area contributed by atoms with Crippen LogP contribution in [-0.4, -0.2) is 67.1 Å². The first-order valence-corrected chi connectivity index (χ1v) is 14.0. The lowest BCUT2D eigenvalue weighted by Crippen LogP contribution is -2.43. The van der Waals surface area contributed by atoms with Gasteiger partial charge < -0.3 is 29.0 Å². The van der Waals surface area contributed by atoms with Crippen molar-refractivity contribution in [2.24, 2.45) is 0 Å². The maximum atomic E-state index is 13.2. The molecule has 1 saturated heterocycles. The lowest BCUT2D eigenvalue weighted by Gasteiger charge is -2.24. The molecule has 5 rings (SSSR count). The molecule has 0 radical (unpaired) electrons. The number of hydrogen-bond acceptors (Lipinski definition) is 12. The van der Waals surface area contributed by atoms with Crippen LogP contribution in [0.4, 0.5) is 5.13 Å². The monoisotopic (exact) mass is 602 g/mol. The normalized spacial score (nSPS) is 19.2. The summed E-state index contributed by atoms with van der Waals surface area (Å²) in [6, 6.07) is 24.9. The zero-order valence-electron chi connectivity index (χ0n) is 22.8. The molecule has 12 heteroatoms. The van der Waals surface area contributed by atoms with Gasteiger partial charge in [0.15, 0.2) is 29.3 Å². The van der Waals surface area contributed by atoms with Crippen LogP contribution in [-0.2, 0) is 23.7 Å². The van der Waals surface area contributed by atoms with Crippen LogP contribution >= 0.6 is 11.3 Å². The summed E-state index contributed by atoms with van der Waals surface area (Å²) in [5.41, 5.74) is 0.898. The Balaban J connectivity index is 1.44. The molecule has 1 aromatic heterocycles. The van der Waals surface area contributed by atoms with E-state index >= 15 is 0 Å². The fourth-order valence-electron chi connectivity index (χ4n) is 4.26. The van der Waals surface area contributed by atoms with Gasteiger partial charge in [-0.1, -0.05) is 54.6 Å². The first-order chi connectivity index (χ1) is 20.9. The molecule has 0 aliphatic carbocycles. The Morgan fingerprint density at radius 2 is 1.26 bits per heavy atom. The standard InChI is InChI=1S/C31H26N2O9S/c1-38-30(37)22-18-43-31(32-22)33-26-25(42-29(36)21-15-9-4-10-16-21)24(41-28(35)20-13-7-3-8-14-20)23(40-26)17-39-27(34)19-11-5-2-6-12-19/h2-16,18,23-26H,17H2,1H3,(H,32,33)/t23-,24-,25-,26-/m1/s1. The Morgan fingerprint density at radius 1 is 0.744 bits per heavy atom. The molecule has 4 aromatic rings. The molecule has 0 bridgehead atoms. The molecule has 4 atom stereocenters. The van der Waals surface area contributed by atoms with Crippen molar-refractivity contribution in [2.75, 3.05) is 19.0 Å². The van der Waals surface area contributed by atoms with E-state index in [0.717, 1.165) is 11.3 Å². The maximum Gasteiger partial charge on any atom is 0.357 e. The summed E-state index contributed by atoms with van der Waals surface area (Å²) in [5.74, 6) is -2.64. The second-order valence-corrected chi connectivity index (χ2v) is 10.1. The molecule has 220 valence electrons. The molecule has 3 aromatic carbocycles. The fourth-order valence-corrected chi connectivity index (χ4v) is 4.96. The Morgan fingerprint density at radius 3 is 1.79 bits per heavy atom. The number of carbonyl (C=O) groups is 4. The van der Waals surface area contributed by atoms with Gasteiger partial charge in [-0.2, -0.15) is 0 Å². The second kappa shape index (κ2) is 13.7. The number of benzene rings is 3. The number of esters is 4. The molecule has 1 aliphatic rings. The van der Waals surface area contributed by atoms with Crippen LogP contribution in [0.3, 0.4) is 0 Å². The van der Waals surface area contributed by atoms with Crippen LogP contribution in [0, 0.1) is 0 Å². The summed E-state index contributed by atoms with van der Waals surface area (Å²) in [6.45, 7) is -0.330. The van der Waals surface area contributed by atoms with Crippen molar-refractivity contribution in [2.45, 2.75) is 24.5 Å². The van der Waals surface area contributed by atoms with Crippen LogP contribution in [0.25, 0.3) is 0 Å². The topological polar surface area (TPSA) is 139 Å². The third-order valence-corrected chi connectivity index (χ3v) is 7.14. The summed E-state index contributed by atoms with van der Waals surface area (Å²) in [4.78, 5) is 55.2. The van der Waals surface area contributed by atoms with E-state index in [0.29, 0.717) is 5.56 Å². The molecule has 11 nitrogen and oxygen atoms in total. The number of anilines is 1. The summed E-state index contributed by atoms with van der Waals surface area (Å²) in [6.07, 6.45) is -4.59. The van der Waals surface area contributed by atoms with Crippen LogP contribution in [0.2, 0.25) is 0 Å². The van der Waals surface area contributed by atoms with Gasteiger partial charge in [-0.3, -0.25) is 0 Å². The number of nitrogens with one attached hydrogen (secondary N) is 1. The Hall–Kier alpha value is -5.07. The largest absolute Gasteiger partial charge is 0.464 e. The Kier molecular flexibility index (Phi) is 9.39. The van der Waals surface area contributed by atoms with Crippen molar-refractivity contribution in [3.63, 3.8) is 0 Å². The predicted octanol–water partition coefficient (Wildman–Crippen LogP) is 4.37. The van der Waals surface area contributed by atoms with Gasteiger partial charge in [0.1, 0.15) is 12.7 Å². The van der Waals surface area contributed by atoms with Gasteiger partial charge in [0.2, 0.25) is 0 Å². The van der Waals surface area contributed by atoms with Gasteiger partial charge in [-0.05, 0) is 36.4 Å². The third kappa shape index (κ3) is 7.23. The molecule has 0 unspecified atom stereocenters. The third-order valence-electron chi connectivity index (χ3n) is 6.37. The minimum absolute atomic E-state index is 0.0613. The first-order valence-electron chi connectivity index (χ1n) is 13.1. The van der Waals surface area contributed by atoms with Crippen molar-refractivity contribution in [1.82, 2.24) is 4.98 Å². The highest BCUT2D eigenvalue weighted by molar-refractivity contribution is 7.13. The number of rotatable bonds is 10. The van der Waals surface area contributed by atoms with Gasteiger partial charge in [-0.25, -0.2) is 24.2 Å². The zero-order chi connectivity index (χ0) is 30.2. The highest BCUT2D eigenvalue weighted by Gasteiger charge is 2.51. The summed E-state index contributed by atoms with van der Waals surface area (Å²) in [7, 11) is 1.24. The van der Waals surface area contributed by atoms with E-state index in [1.54, 1.807) is 91.0 Å². The highest BCUT2D eigenvalue weighted by atomic mass is 32.1. The van der Waals surface area contributed by atoms with E-state index in [-0.39, 0.29) is 28.6 Å². The molecular formula is C31H26N2O9S. The fraction of sp³-hybridized carbons (Fsp3) is 0.194. The number of methoxy groups -OCH3 is 1. The zero-order valence-corrected chi connectivity index (χ0v) is 23.6. The minimum Gasteiger partial charge on any atom is -0.464 e. The average Bonchev–Trinajstić information content (AvgIpc) is 3.65. The number of ether oxygens (including phenoxy) is 5. The van der Waals surface area contributed by atoms with Crippen LogP contribution in [0.15, 0.2) is 96.4 Å². The summed E-state index contributed by atoms with van der Waals surface area (Å²) < 4.78 is 28.1. The van der Waals surface area contributed by atoms with E-state index in [9.17, 15) is 19.2 Å². The van der Waals surface area contributed by atoms with Gasteiger partial charge in [0, 0.05) is 5.38 Å². The van der Waals surface area contributed by atoms with Gasteiger partial charge in [-0.15, -0.1) is 11.3 Å². The second-order valence-electron chi connectivity index (χ2n) is 9.21. The number of nitrogens with zero attached hydrogens (tertiary/aromatic N) is 1. The van der Waals surface area contributed by atoms with Gasteiger partial charge in [0.05, 0.1) is 23.8 Å². The lowest BCUT2D eigenvalue weighted by molar-refractivity contribution is -0.0441. The summed E-state index contributed by atoms with van der Waals surface area (Å²) >= 11 is 1.09. The smallest absolute Gasteiger partial charge is 0.357 e. The molecule has 1 N–H and O–H groups in total. The van der Waals surface area contributed by atoms with Crippen LogP contribution in [0.1, 0.15) is 41.6 Å². The molecule has 2 heterocycles. The molecule has 0 amide bonds. The van der Waals surface area contributed by atoms with Crippen LogP contribution < -0.4 is 5.32 Å². The maximum absolute atomic E-state index is 13.2. The van der Waals surface area contributed by atoms with E-state index in [1.165, 1.54) is 12.5 Å². The van der Waals surface area contributed by atoms with E-state index in [1.807, 2.05) is 0 Å². The molecule has 0 spiro atoms. The van der Waals surface area contributed by atoms with Crippen molar-refractivity contribution >= 4 is 40.3 Å². The molecule has 1 aliphatic heterocycles. The average molecular weight is 603 g/mol. The first kappa shape index (κ1) is 29.4. The van der Waals surface area contributed by atoms with Gasteiger partial charge >= 0.3 is 23.9 Å². The predicted molar refractivity (Wildman–Crippen MR) is 154 cm³/mol. The lowest BCUT2D eigenvalue weighted by atomic mass is 10.1.